The van der Waals surface area contributed by atoms with Gasteiger partial charge in [-0.2, -0.15) is 10.1 Å². The van der Waals surface area contributed by atoms with Crippen LogP contribution in [-0.4, -0.2) is 47.5 Å². The molecule has 1 aliphatic rings. The molecule has 1 fully saturated rings. The quantitative estimate of drug-likeness (QED) is 0.460. The predicted octanol–water partition coefficient (Wildman–Crippen LogP) is 3.52. The molecule has 0 aliphatic carbocycles. The second-order valence-corrected chi connectivity index (χ2v) is 9.73. The predicted molar refractivity (Wildman–Crippen MR) is 131 cm³/mol. The van der Waals surface area contributed by atoms with Crippen molar-refractivity contribution in [1.82, 2.24) is 24.3 Å². The molecule has 1 amide bonds. The molecule has 0 spiro atoms. The Balaban J connectivity index is 1.55. The number of carbonyl (C=O) groups excluding carboxylic acids is 1. The van der Waals surface area contributed by atoms with Crippen LogP contribution in [0.3, 0.4) is 0 Å². The standard InChI is InChI=1S/C26H30N6O3/c1-26(2,34)16-32-22-8-7-17(23-6-4-5-11-35-23)12-21(22)29-25(32)30-24(33)18-9-10-27-20(13-18)19-14-28-31(3)15-19/h7-10,12-15,23,34H,4-6,11,16H2,1-3H3,(H,29,30,33). The van der Waals surface area contributed by atoms with Crippen LogP contribution in [0.4, 0.5) is 0 Å². The highest BCUT2D eigenvalue weighted by atomic mass is 16.5. The van der Waals surface area contributed by atoms with Crippen LogP contribution in [0.2, 0.25) is 0 Å². The van der Waals surface area contributed by atoms with Crippen LogP contribution in [0.15, 0.2) is 53.9 Å². The van der Waals surface area contributed by atoms with Gasteiger partial charge in [-0.15, -0.1) is 0 Å². The lowest BCUT2D eigenvalue weighted by molar-refractivity contribution is 0.0150. The van der Waals surface area contributed by atoms with Gasteiger partial charge in [-0.25, -0.2) is 0 Å². The van der Waals surface area contributed by atoms with Crippen LogP contribution < -0.4 is 5.62 Å². The normalized spacial score (nSPS) is 17.3. The van der Waals surface area contributed by atoms with Crippen molar-refractivity contribution in [2.24, 2.45) is 12.0 Å². The summed E-state index contributed by atoms with van der Waals surface area (Å²) in [6.07, 6.45) is 8.45. The van der Waals surface area contributed by atoms with Crippen molar-refractivity contribution in [2.75, 3.05) is 6.61 Å². The first-order valence-electron chi connectivity index (χ1n) is 11.9. The first-order chi connectivity index (χ1) is 16.8. The number of aliphatic hydroxyl groups is 1. The van der Waals surface area contributed by atoms with E-state index < -0.39 is 11.5 Å². The van der Waals surface area contributed by atoms with Crippen molar-refractivity contribution < 1.29 is 14.6 Å². The first-order valence-corrected chi connectivity index (χ1v) is 11.9. The molecular weight excluding hydrogens is 444 g/mol. The smallest absolute Gasteiger partial charge is 0.280 e. The molecule has 0 saturated carbocycles. The van der Waals surface area contributed by atoms with Gasteiger partial charge in [0.2, 0.25) is 5.62 Å². The molecule has 1 saturated heterocycles. The van der Waals surface area contributed by atoms with E-state index in [1.54, 1.807) is 43.1 Å². The van der Waals surface area contributed by atoms with E-state index in [-0.39, 0.29) is 12.6 Å². The molecule has 9 nitrogen and oxygen atoms in total. The third-order valence-electron chi connectivity index (χ3n) is 6.13. The van der Waals surface area contributed by atoms with Crippen molar-refractivity contribution in [3.05, 3.63) is 65.7 Å². The highest BCUT2D eigenvalue weighted by molar-refractivity contribution is 5.95. The summed E-state index contributed by atoms with van der Waals surface area (Å²) < 4.78 is 9.49. The molecule has 4 aromatic rings. The zero-order valence-electron chi connectivity index (χ0n) is 20.2. The molecule has 1 aliphatic heterocycles. The molecule has 182 valence electrons. The largest absolute Gasteiger partial charge is 0.389 e. The maximum absolute atomic E-state index is 13.2. The lowest BCUT2D eigenvalue weighted by atomic mass is 10.0. The molecule has 0 bridgehead atoms. The highest BCUT2D eigenvalue weighted by Crippen LogP contribution is 2.29. The van der Waals surface area contributed by atoms with Crippen LogP contribution in [0, 0.1) is 0 Å². The number of aryl methyl sites for hydroxylation is 1. The van der Waals surface area contributed by atoms with Gasteiger partial charge in [0.15, 0.2) is 0 Å². The van der Waals surface area contributed by atoms with E-state index in [4.69, 9.17) is 4.74 Å². The van der Waals surface area contributed by atoms with E-state index in [1.807, 2.05) is 23.9 Å². The summed E-state index contributed by atoms with van der Waals surface area (Å²) in [6.45, 7) is 4.51. The van der Waals surface area contributed by atoms with Crippen molar-refractivity contribution in [1.29, 1.82) is 0 Å². The number of benzene rings is 1. The summed E-state index contributed by atoms with van der Waals surface area (Å²) in [5, 5.41) is 14.7. The number of nitrogens with one attached hydrogen (secondary N) is 1. The molecule has 1 atom stereocenters. The summed E-state index contributed by atoms with van der Waals surface area (Å²) >= 11 is 0. The Hall–Kier alpha value is -3.56. The lowest BCUT2D eigenvalue weighted by Gasteiger charge is -2.23. The lowest BCUT2D eigenvalue weighted by Crippen LogP contribution is -2.32. The summed E-state index contributed by atoms with van der Waals surface area (Å²) in [6, 6.07) is 9.48. The Bertz CT molecular complexity index is 1430. The number of aromatic amines is 1. The van der Waals surface area contributed by atoms with Gasteiger partial charge in [-0.05, 0) is 62.9 Å². The van der Waals surface area contributed by atoms with Gasteiger partial charge in [0.1, 0.15) is 0 Å². The number of aromatic nitrogens is 5. The van der Waals surface area contributed by atoms with Gasteiger partial charge >= 0.3 is 0 Å². The molecule has 9 heteroatoms. The summed E-state index contributed by atoms with van der Waals surface area (Å²) in [4.78, 5) is 25.2. The van der Waals surface area contributed by atoms with Crippen LogP contribution in [-0.2, 0) is 18.3 Å². The van der Waals surface area contributed by atoms with Gasteiger partial charge in [0, 0.05) is 37.2 Å². The second-order valence-electron chi connectivity index (χ2n) is 9.73. The fourth-order valence-electron chi connectivity index (χ4n) is 4.47. The van der Waals surface area contributed by atoms with E-state index in [9.17, 15) is 9.90 Å². The third-order valence-corrected chi connectivity index (χ3v) is 6.13. The zero-order chi connectivity index (χ0) is 24.6. The van der Waals surface area contributed by atoms with Gasteiger partial charge in [-0.3, -0.25) is 14.5 Å². The number of H-pyrrole nitrogens is 1. The third kappa shape index (κ3) is 5.11. The minimum absolute atomic E-state index is 0.0731. The summed E-state index contributed by atoms with van der Waals surface area (Å²) in [7, 11) is 1.83. The van der Waals surface area contributed by atoms with Crippen molar-refractivity contribution in [3.8, 4) is 11.3 Å². The number of pyridine rings is 1. The number of imidazole rings is 1. The van der Waals surface area contributed by atoms with Crippen molar-refractivity contribution >= 4 is 16.9 Å². The van der Waals surface area contributed by atoms with Crippen molar-refractivity contribution in [3.63, 3.8) is 0 Å². The number of hydrogen-bond donors (Lipinski definition) is 2. The van der Waals surface area contributed by atoms with E-state index >= 15 is 0 Å². The molecule has 35 heavy (non-hydrogen) atoms. The monoisotopic (exact) mass is 474 g/mol. The molecule has 0 radical (unpaired) electrons. The number of hydrogen-bond acceptors (Lipinski definition) is 5. The van der Waals surface area contributed by atoms with E-state index in [1.165, 1.54) is 0 Å². The van der Waals surface area contributed by atoms with Crippen LogP contribution in [0.5, 0.6) is 0 Å². The number of rotatable bonds is 5. The minimum Gasteiger partial charge on any atom is -0.389 e. The van der Waals surface area contributed by atoms with E-state index in [2.05, 4.69) is 32.2 Å². The van der Waals surface area contributed by atoms with E-state index in [0.717, 1.165) is 48.0 Å². The Labute approximate surface area is 203 Å². The molecule has 1 unspecified atom stereocenters. The highest BCUT2D eigenvalue weighted by Gasteiger charge is 2.20. The molecule has 4 heterocycles. The maximum Gasteiger partial charge on any atom is 0.280 e. The van der Waals surface area contributed by atoms with Crippen molar-refractivity contribution in [2.45, 2.75) is 51.4 Å². The Morgan fingerprint density at radius 3 is 2.86 bits per heavy atom. The van der Waals surface area contributed by atoms with E-state index in [0.29, 0.717) is 16.9 Å². The second kappa shape index (κ2) is 9.24. The van der Waals surface area contributed by atoms with Gasteiger partial charge in [0.25, 0.3) is 5.91 Å². The van der Waals surface area contributed by atoms with Gasteiger partial charge < -0.3 is 19.4 Å². The molecule has 3 aromatic heterocycles. The Morgan fingerprint density at radius 1 is 1.29 bits per heavy atom. The number of ether oxygens (including phenoxy) is 1. The summed E-state index contributed by atoms with van der Waals surface area (Å²) in [5.41, 5.74) is 4.09. The first kappa shape index (κ1) is 23.2. The minimum atomic E-state index is -0.998. The van der Waals surface area contributed by atoms with Gasteiger partial charge in [0.05, 0.1) is 41.2 Å². The molecular formula is C26H30N6O3. The van der Waals surface area contributed by atoms with Crippen LogP contribution in [0.25, 0.3) is 22.3 Å². The Kier molecular flexibility index (Phi) is 6.12. The fourth-order valence-corrected chi connectivity index (χ4v) is 4.47. The molecule has 2 N–H and O–H groups in total. The number of fused-ring (bicyclic) bond motifs is 1. The average Bonchev–Trinajstić information content (AvgIpc) is 3.42. The number of carbonyl (C=O) groups is 1. The zero-order valence-corrected chi connectivity index (χ0v) is 20.2. The average molecular weight is 475 g/mol. The molecule has 5 rings (SSSR count). The SMILES string of the molecule is Cn1cc(-c2cc(C(=O)/N=c3\[nH]c4cc(C5CCCCO5)ccc4n3CC(C)(C)O)ccn2)cn1. The molecule has 1 aromatic carbocycles. The topological polar surface area (TPSA) is 110 Å². The number of nitrogens with zero attached hydrogens (tertiary/aromatic N) is 5. The fraction of sp³-hybridized carbons (Fsp3) is 0.385. The Morgan fingerprint density at radius 2 is 2.14 bits per heavy atom. The van der Waals surface area contributed by atoms with Crippen LogP contribution in [0.1, 0.15) is 55.1 Å². The van der Waals surface area contributed by atoms with Crippen LogP contribution >= 0.6 is 0 Å². The van der Waals surface area contributed by atoms with Gasteiger partial charge in [-0.1, -0.05) is 6.07 Å². The summed E-state index contributed by atoms with van der Waals surface area (Å²) in [5.74, 6) is -0.399. The number of amides is 1. The maximum atomic E-state index is 13.2.